The van der Waals surface area contributed by atoms with E-state index in [0.29, 0.717) is 28.8 Å². The number of carbonyl (C=O) groups excluding carboxylic acids is 1. The molecule has 22 heavy (non-hydrogen) atoms. The predicted octanol–water partition coefficient (Wildman–Crippen LogP) is 3.16. The highest BCUT2D eigenvalue weighted by atomic mass is 35.5. The molecule has 1 aromatic carbocycles. The first-order valence-corrected chi connectivity index (χ1v) is 7.75. The highest BCUT2D eigenvalue weighted by Crippen LogP contribution is 2.29. The zero-order valence-corrected chi connectivity index (χ0v) is 14.8. The zero-order valence-electron chi connectivity index (χ0n) is 12.5. The lowest BCUT2D eigenvalue weighted by Crippen LogP contribution is -2.47. The van der Waals surface area contributed by atoms with Gasteiger partial charge in [0.1, 0.15) is 0 Å². The lowest BCUT2D eigenvalue weighted by molar-refractivity contribution is 0.0512. The lowest BCUT2D eigenvalue weighted by atomic mass is 9.79. The molecule has 1 heterocycles. The molecular weight excluding hydrogens is 347 g/mol. The Bertz CT molecular complexity index is 500. The molecule has 0 unspecified atom stereocenters. The van der Waals surface area contributed by atoms with E-state index in [1.165, 1.54) is 0 Å². The number of hydrogen-bond donors (Lipinski definition) is 2. The second-order valence-corrected chi connectivity index (χ2v) is 6.25. The molecular formula is C15H21Cl3N2O2. The number of benzene rings is 1. The van der Waals surface area contributed by atoms with Gasteiger partial charge in [-0.2, -0.15) is 0 Å². The second-order valence-electron chi connectivity index (χ2n) is 5.47. The fraction of sp³-hybridized carbons (Fsp3) is 0.533. The normalized spacial score (nSPS) is 16.7. The first-order chi connectivity index (χ1) is 10.1. The third-order valence-electron chi connectivity index (χ3n) is 3.93. The lowest BCUT2D eigenvalue weighted by Gasteiger charge is -2.37. The molecule has 1 amide bonds. The zero-order chi connectivity index (χ0) is 15.3. The van der Waals surface area contributed by atoms with E-state index in [1.807, 2.05) is 0 Å². The average Bonchev–Trinajstić information content (AvgIpc) is 2.49. The Morgan fingerprint density at radius 2 is 2.05 bits per heavy atom. The van der Waals surface area contributed by atoms with Gasteiger partial charge in [0.15, 0.2) is 0 Å². The van der Waals surface area contributed by atoms with Crippen LogP contribution in [0.2, 0.25) is 10.0 Å². The summed E-state index contributed by atoms with van der Waals surface area (Å²) in [7, 11) is 1.69. The van der Waals surface area contributed by atoms with Gasteiger partial charge in [-0.25, -0.2) is 0 Å². The third kappa shape index (κ3) is 4.74. The van der Waals surface area contributed by atoms with Crippen LogP contribution in [0.5, 0.6) is 0 Å². The van der Waals surface area contributed by atoms with Crippen molar-refractivity contribution in [2.75, 3.05) is 33.4 Å². The summed E-state index contributed by atoms with van der Waals surface area (Å²) in [6.45, 7) is 3.09. The molecule has 4 nitrogen and oxygen atoms in total. The maximum atomic E-state index is 12.3. The van der Waals surface area contributed by atoms with Gasteiger partial charge in [-0.1, -0.05) is 29.3 Å². The van der Waals surface area contributed by atoms with Gasteiger partial charge < -0.3 is 15.4 Å². The van der Waals surface area contributed by atoms with E-state index < -0.39 is 0 Å². The largest absolute Gasteiger partial charge is 0.384 e. The van der Waals surface area contributed by atoms with Crippen molar-refractivity contribution < 1.29 is 9.53 Å². The second kappa shape index (κ2) is 8.94. The summed E-state index contributed by atoms with van der Waals surface area (Å²) in [5.41, 5.74) is 0.395. The molecule has 2 rings (SSSR count). The van der Waals surface area contributed by atoms with E-state index in [-0.39, 0.29) is 23.7 Å². The van der Waals surface area contributed by atoms with Crippen LogP contribution in [0.1, 0.15) is 23.2 Å². The van der Waals surface area contributed by atoms with E-state index in [2.05, 4.69) is 10.6 Å². The van der Waals surface area contributed by atoms with Crippen molar-refractivity contribution in [1.29, 1.82) is 0 Å². The number of carbonyl (C=O) groups is 1. The minimum atomic E-state index is -0.198. The smallest absolute Gasteiger partial charge is 0.252 e. The van der Waals surface area contributed by atoms with Gasteiger partial charge in [0.25, 0.3) is 5.91 Å². The molecule has 124 valence electrons. The molecule has 0 atom stereocenters. The Hall–Kier alpha value is -0.520. The first kappa shape index (κ1) is 19.5. The van der Waals surface area contributed by atoms with Gasteiger partial charge in [0.05, 0.1) is 22.2 Å². The Morgan fingerprint density at radius 3 is 2.68 bits per heavy atom. The van der Waals surface area contributed by atoms with Gasteiger partial charge in [-0.15, -0.1) is 12.4 Å². The van der Waals surface area contributed by atoms with Crippen LogP contribution < -0.4 is 10.6 Å². The summed E-state index contributed by atoms with van der Waals surface area (Å²) in [6, 6.07) is 5.06. The number of rotatable bonds is 5. The maximum Gasteiger partial charge on any atom is 0.252 e. The van der Waals surface area contributed by atoms with E-state index in [4.69, 9.17) is 27.9 Å². The number of ether oxygens (including phenoxy) is 1. The number of methoxy groups -OCH3 is 1. The van der Waals surface area contributed by atoms with Crippen LogP contribution in [0.15, 0.2) is 18.2 Å². The van der Waals surface area contributed by atoms with Gasteiger partial charge in [-0.3, -0.25) is 4.79 Å². The SMILES string of the molecule is COCC1(CNC(=O)c2cccc(Cl)c2Cl)CCNCC1.Cl. The minimum absolute atomic E-state index is 0. The Kier molecular flexibility index (Phi) is 7.94. The summed E-state index contributed by atoms with van der Waals surface area (Å²) in [5.74, 6) is -0.198. The highest BCUT2D eigenvalue weighted by molar-refractivity contribution is 6.43. The van der Waals surface area contributed by atoms with Crippen LogP contribution in [0.3, 0.4) is 0 Å². The van der Waals surface area contributed by atoms with Crippen molar-refractivity contribution in [1.82, 2.24) is 10.6 Å². The fourth-order valence-corrected chi connectivity index (χ4v) is 3.06. The Morgan fingerprint density at radius 1 is 1.36 bits per heavy atom. The van der Waals surface area contributed by atoms with Crippen molar-refractivity contribution in [2.45, 2.75) is 12.8 Å². The molecule has 7 heteroatoms. The van der Waals surface area contributed by atoms with Crippen LogP contribution >= 0.6 is 35.6 Å². The number of nitrogens with one attached hydrogen (secondary N) is 2. The van der Waals surface area contributed by atoms with E-state index in [0.717, 1.165) is 25.9 Å². The van der Waals surface area contributed by atoms with Crippen molar-refractivity contribution in [2.24, 2.45) is 5.41 Å². The number of hydrogen-bond acceptors (Lipinski definition) is 3. The maximum absolute atomic E-state index is 12.3. The predicted molar refractivity (Wildman–Crippen MR) is 92.5 cm³/mol. The topological polar surface area (TPSA) is 50.4 Å². The van der Waals surface area contributed by atoms with Gasteiger partial charge in [-0.05, 0) is 38.1 Å². The molecule has 1 aliphatic rings. The van der Waals surface area contributed by atoms with E-state index in [9.17, 15) is 4.79 Å². The number of halogens is 3. The molecule has 2 N–H and O–H groups in total. The summed E-state index contributed by atoms with van der Waals surface area (Å²) in [6.07, 6.45) is 1.95. The monoisotopic (exact) mass is 366 g/mol. The van der Waals surface area contributed by atoms with Crippen LogP contribution in [0, 0.1) is 5.41 Å². The first-order valence-electron chi connectivity index (χ1n) is 7.00. The van der Waals surface area contributed by atoms with Crippen molar-refractivity contribution >= 4 is 41.5 Å². The summed E-state index contributed by atoms with van der Waals surface area (Å²) in [5, 5.41) is 6.98. The molecule has 0 aromatic heterocycles. The fourth-order valence-electron chi connectivity index (χ4n) is 2.68. The van der Waals surface area contributed by atoms with Crippen LogP contribution in [0.4, 0.5) is 0 Å². The van der Waals surface area contributed by atoms with Crippen LogP contribution in [-0.4, -0.2) is 39.3 Å². The Balaban J connectivity index is 0.00000242. The molecule has 0 bridgehead atoms. The van der Waals surface area contributed by atoms with E-state index in [1.54, 1.807) is 25.3 Å². The molecule has 1 aliphatic heterocycles. The Labute approximate surface area is 147 Å². The summed E-state index contributed by atoms with van der Waals surface area (Å²) >= 11 is 12.0. The minimum Gasteiger partial charge on any atom is -0.384 e. The van der Waals surface area contributed by atoms with Crippen molar-refractivity contribution in [3.63, 3.8) is 0 Å². The molecule has 1 saturated heterocycles. The molecule has 1 aromatic rings. The van der Waals surface area contributed by atoms with Gasteiger partial charge in [0, 0.05) is 19.1 Å². The number of piperidine rings is 1. The molecule has 0 aliphatic carbocycles. The highest BCUT2D eigenvalue weighted by Gasteiger charge is 2.32. The quantitative estimate of drug-likeness (QED) is 0.840. The van der Waals surface area contributed by atoms with Crippen molar-refractivity contribution in [3.8, 4) is 0 Å². The number of amides is 1. The summed E-state index contributed by atoms with van der Waals surface area (Å²) in [4.78, 5) is 12.3. The average molecular weight is 368 g/mol. The van der Waals surface area contributed by atoms with Crippen molar-refractivity contribution in [3.05, 3.63) is 33.8 Å². The van der Waals surface area contributed by atoms with Crippen LogP contribution in [-0.2, 0) is 4.74 Å². The molecule has 0 spiro atoms. The van der Waals surface area contributed by atoms with Gasteiger partial charge in [0.2, 0.25) is 0 Å². The third-order valence-corrected chi connectivity index (χ3v) is 4.75. The molecule has 1 fully saturated rings. The molecule has 0 saturated carbocycles. The molecule has 0 radical (unpaired) electrons. The standard InChI is InChI=1S/C15H20Cl2N2O2.ClH/c1-21-10-15(5-7-18-8-6-15)9-19-14(20)11-3-2-4-12(16)13(11)17;/h2-4,18H,5-10H2,1H3,(H,19,20);1H. The van der Waals surface area contributed by atoms with Gasteiger partial charge >= 0.3 is 0 Å². The van der Waals surface area contributed by atoms with E-state index >= 15 is 0 Å². The summed E-state index contributed by atoms with van der Waals surface area (Å²) < 4.78 is 5.34. The van der Waals surface area contributed by atoms with Crippen LogP contribution in [0.25, 0.3) is 0 Å².